The van der Waals surface area contributed by atoms with Crippen LogP contribution in [0.1, 0.15) is 11.5 Å². The second kappa shape index (κ2) is 5.07. The van der Waals surface area contributed by atoms with Crippen LogP contribution in [-0.2, 0) is 6.42 Å². The second-order valence-corrected chi connectivity index (χ2v) is 4.48. The fourth-order valence-corrected chi connectivity index (χ4v) is 2.07. The maximum atomic E-state index is 8.69. The third-order valence-corrected chi connectivity index (χ3v) is 2.98. The van der Waals surface area contributed by atoms with Crippen molar-refractivity contribution in [1.29, 1.82) is 5.26 Å². The van der Waals surface area contributed by atoms with E-state index in [0.29, 0.717) is 5.82 Å². The van der Waals surface area contributed by atoms with Gasteiger partial charge in [-0.05, 0) is 19.1 Å². The topological polar surface area (TPSA) is 49.6 Å². The molecule has 0 saturated heterocycles. The molecule has 0 bridgehead atoms. The Morgan fingerprint density at radius 1 is 1.29 bits per heavy atom. The van der Waals surface area contributed by atoms with Gasteiger partial charge in [-0.15, -0.1) is 0 Å². The van der Waals surface area contributed by atoms with Crippen LogP contribution in [-0.4, -0.2) is 9.97 Å². The molecule has 1 aromatic heterocycles. The van der Waals surface area contributed by atoms with E-state index in [1.807, 2.05) is 37.3 Å². The number of rotatable bonds is 2. The zero-order valence-electron chi connectivity index (χ0n) is 9.31. The number of aryl methyl sites for hydroxylation is 1. The molecule has 0 amide bonds. The SMILES string of the molecule is Cc1cc(-c2ccccc2Br)nc(CC#N)n1. The van der Waals surface area contributed by atoms with Crippen molar-refractivity contribution in [2.45, 2.75) is 13.3 Å². The summed E-state index contributed by atoms with van der Waals surface area (Å²) in [6.07, 6.45) is 0.235. The molecule has 0 radical (unpaired) electrons. The van der Waals surface area contributed by atoms with Crippen LogP contribution >= 0.6 is 15.9 Å². The van der Waals surface area contributed by atoms with E-state index in [4.69, 9.17) is 5.26 Å². The van der Waals surface area contributed by atoms with Gasteiger partial charge in [0.2, 0.25) is 0 Å². The number of nitriles is 1. The van der Waals surface area contributed by atoms with Crippen LogP contribution in [0.15, 0.2) is 34.8 Å². The molecule has 4 heteroatoms. The van der Waals surface area contributed by atoms with Crippen molar-refractivity contribution in [2.75, 3.05) is 0 Å². The molecular weight excluding hydrogens is 278 g/mol. The van der Waals surface area contributed by atoms with Gasteiger partial charge >= 0.3 is 0 Å². The molecule has 1 heterocycles. The van der Waals surface area contributed by atoms with Gasteiger partial charge in [-0.3, -0.25) is 0 Å². The summed E-state index contributed by atoms with van der Waals surface area (Å²) in [6, 6.07) is 11.9. The van der Waals surface area contributed by atoms with Gasteiger partial charge in [-0.2, -0.15) is 5.26 Å². The van der Waals surface area contributed by atoms with Crippen LogP contribution in [0.4, 0.5) is 0 Å². The summed E-state index contributed by atoms with van der Waals surface area (Å²) in [5.74, 6) is 0.568. The Morgan fingerprint density at radius 2 is 2.06 bits per heavy atom. The van der Waals surface area contributed by atoms with E-state index in [1.165, 1.54) is 0 Å². The first-order chi connectivity index (χ1) is 8.20. The van der Waals surface area contributed by atoms with Crippen LogP contribution < -0.4 is 0 Å². The van der Waals surface area contributed by atoms with Crippen LogP contribution in [0, 0.1) is 18.3 Å². The van der Waals surface area contributed by atoms with Crippen molar-refractivity contribution in [3.8, 4) is 17.3 Å². The molecule has 0 aliphatic rings. The number of halogens is 1. The maximum absolute atomic E-state index is 8.69. The molecule has 0 aliphatic heterocycles. The van der Waals surface area contributed by atoms with Crippen LogP contribution in [0.2, 0.25) is 0 Å². The van der Waals surface area contributed by atoms with Gasteiger partial charge in [0.1, 0.15) is 5.82 Å². The number of aromatic nitrogens is 2. The van der Waals surface area contributed by atoms with E-state index in [9.17, 15) is 0 Å². The first-order valence-corrected chi connectivity index (χ1v) is 5.96. The first-order valence-electron chi connectivity index (χ1n) is 5.17. The highest BCUT2D eigenvalue weighted by molar-refractivity contribution is 9.10. The van der Waals surface area contributed by atoms with Gasteiger partial charge in [0.15, 0.2) is 0 Å². The van der Waals surface area contributed by atoms with Gasteiger partial charge in [0, 0.05) is 15.7 Å². The summed E-state index contributed by atoms with van der Waals surface area (Å²) < 4.78 is 0.987. The van der Waals surface area contributed by atoms with Crippen molar-refractivity contribution in [1.82, 2.24) is 9.97 Å². The number of nitrogens with zero attached hydrogens (tertiary/aromatic N) is 3. The first kappa shape index (κ1) is 11.7. The summed E-state index contributed by atoms with van der Waals surface area (Å²) in [5, 5.41) is 8.69. The van der Waals surface area contributed by atoms with Crippen molar-refractivity contribution in [3.63, 3.8) is 0 Å². The zero-order chi connectivity index (χ0) is 12.3. The van der Waals surface area contributed by atoms with E-state index in [2.05, 4.69) is 32.0 Å². The predicted molar refractivity (Wildman–Crippen MR) is 69.2 cm³/mol. The average molecular weight is 288 g/mol. The molecule has 0 atom stereocenters. The maximum Gasteiger partial charge on any atom is 0.143 e. The smallest absolute Gasteiger partial charge is 0.143 e. The minimum absolute atomic E-state index is 0.235. The lowest BCUT2D eigenvalue weighted by atomic mass is 10.1. The molecule has 84 valence electrons. The Hall–Kier alpha value is -1.73. The molecule has 3 nitrogen and oxygen atoms in total. The molecular formula is C13H10BrN3. The third kappa shape index (κ3) is 2.69. The zero-order valence-corrected chi connectivity index (χ0v) is 10.9. The van der Waals surface area contributed by atoms with E-state index in [1.54, 1.807) is 0 Å². The Bertz CT molecular complexity index is 587. The van der Waals surface area contributed by atoms with Gasteiger partial charge in [-0.25, -0.2) is 9.97 Å². The summed E-state index contributed by atoms with van der Waals surface area (Å²) >= 11 is 3.50. The van der Waals surface area contributed by atoms with Gasteiger partial charge < -0.3 is 0 Å². The number of hydrogen-bond acceptors (Lipinski definition) is 3. The Kier molecular flexibility index (Phi) is 3.50. The molecule has 2 rings (SSSR count). The fraction of sp³-hybridized carbons (Fsp3) is 0.154. The number of benzene rings is 1. The van der Waals surface area contributed by atoms with Gasteiger partial charge in [0.05, 0.1) is 18.2 Å². The normalized spacial score (nSPS) is 9.94. The van der Waals surface area contributed by atoms with Gasteiger partial charge in [0.25, 0.3) is 0 Å². The lowest BCUT2D eigenvalue weighted by Crippen LogP contribution is -1.98. The van der Waals surface area contributed by atoms with Gasteiger partial charge in [-0.1, -0.05) is 34.1 Å². The lowest BCUT2D eigenvalue weighted by Gasteiger charge is -2.06. The van der Waals surface area contributed by atoms with Crippen molar-refractivity contribution >= 4 is 15.9 Å². The Balaban J connectivity index is 2.53. The van der Waals surface area contributed by atoms with E-state index < -0.39 is 0 Å². The standard InChI is InChI=1S/C13H10BrN3/c1-9-8-12(17-13(16-9)6-7-15)10-4-2-3-5-11(10)14/h2-5,8H,6H2,1H3. The summed E-state index contributed by atoms with van der Waals surface area (Å²) in [5.41, 5.74) is 2.73. The van der Waals surface area contributed by atoms with Crippen molar-refractivity contribution in [2.24, 2.45) is 0 Å². The second-order valence-electron chi connectivity index (χ2n) is 3.63. The monoisotopic (exact) mass is 287 g/mol. The van der Waals surface area contributed by atoms with E-state index in [-0.39, 0.29) is 6.42 Å². The van der Waals surface area contributed by atoms with E-state index in [0.717, 1.165) is 21.4 Å². The molecule has 0 unspecified atom stereocenters. The summed E-state index contributed by atoms with van der Waals surface area (Å²) in [7, 11) is 0. The quantitative estimate of drug-likeness (QED) is 0.852. The highest BCUT2D eigenvalue weighted by Crippen LogP contribution is 2.26. The molecule has 0 spiro atoms. The summed E-state index contributed by atoms with van der Waals surface area (Å²) in [4.78, 5) is 8.62. The highest BCUT2D eigenvalue weighted by Gasteiger charge is 2.07. The lowest BCUT2D eigenvalue weighted by molar-refractivity contribution is 0.968. The van der Waals surface area contributed by atoms with Crippen LogP contribution in [0.25, 0.3) is 11.3 Å². The van der Waals surface area contributed by atoms with E-state index >= 15 is 0 Å². The Labute approximate surface area is 108 Å². The van der Waals surface area contributed by atoms with Crippen LogP contribution in [0.5, 0.6) is 0 Å². The number of hydrogen-bond donors (Lipinski definition) is 0. The fourth-order valence-electron chi connectivity index (χ4n) is 1.59. The predicted octanol–water partition coefficient (Wildman–Crippen LogP) is 3.28. The molecule has 2 aromatic rings. The molecule has 0 fully saturated rings. The molecule has 0 N–H and O–H groups in total. The van der Waals surface area contributed by atoms with Crippen molar-refractivity contribution < 1.29 is 0 Å². The largest absolute Gasteiger partial charge is 0.237 e. The molecule has 1 aromatic carbocycles. The summed E-state index contributed by atoms with van der Waals surface area (Å²) in [6.45, 7) is 1.91. The average Bonchev–Trinajstić information content (AvgIpc) is 2.29. The molecule has 17 heavy (non-hydrogen) atoms. The third-order valence-electron chi connectivity index (χ3n) is 2.29. The minimum atomic E-state index is 0.235. The Morgan fingerprint density at radius 3 is 2.76 bits per heavy atom. The molecule has 0 aliphatic carbocycles. The minimum Gasteiger partial charge on any atom is -0.237 e. The van der Waals surface area contributed by atoms with Crippen LogP contribution in [0.3, 0.4) is 0 Å². The van der Waals surface area contributed by atoms with Crippen molar-refractivity contribution in [3.05, 3.63) is 46.3 Å². The highest BCUT2D eigenvalue weighted by atomic mass is 79.9. The molecule has 0 saturated carbocycles.